The Bertz CT molecular complexity index is 2730. The molecule has 0 bridgehead atoms. The fourth-order valence-electron chi connectivity index (χ4n) is 11.1. The van der Waals surface area contributed by atoms with Gasteiger partial charge in [0.05, 0.1) is 0 Å². The first-order valence-corrected chi connectivity index (χ1v) is 28.3. The van der Waals surface area contributed by atoms with Crippen LogP contribution in [-0.2, 0) is 24.7 Å². The number of benzene rings is 6. The molecule has 6 aromatic rings. The van der Waals surface area contributed by atoms with Crippen LogP contribution in [-0.4, -0.2) is 4.21 Å². The zero-order valence-electron chi connectivity index (χ0n) is 36.7. The van der Waals surface area contributed by atoms with Crippen molar-refractivity contribution < 1.29 is 18.3 Å². The summed E-state index contributed by atoms with van der Waals surface area (Å²) in [6.45, 7) is 22.8. The first-order valence-electron chi connectivity index (χ1n) is 20.9. The maximum atomic E-state index is 7.17. The van der Waals surface area contributed by atoms with Crippen molar-refractivity contribution in [3.8, 4) is 33.4 Å². The van der Waals surface area contributed by atoms with Gasteiger partial charge < -0.3 is 0 Å². The zero-order chi connectivity index (χ0) is 41.5. The second kappa shape index (κ2) is 16.8. The molecule has 0 amide bonds. The van der Waals surface area contributed by atoms with Gasteiger partial charge in [0, 0.05) is 0 Å². The van der Waals surface area contributed by atoms with Gasteiger partial charge in [-0.2, -0.15) is 0 Å². The molecule has 0 nitrogen and oxygen atoms in total. The molecule has 60 heavy (non-hydrogen) atoms. The molecule has 0 N–H and O–H groups in total. The Labute approximate surface area is 382 Å². The SMILES string of the molecule is Cl.Cl.[CH2]=[Zr]([C]1=CC(C(C)(C)C)=CC1CC)([c]1cccc(Cl)c1)([c]1cccc(Cl)c1)[c]1c(-c2c(C)cc(C)cc2C)ccc2c1Cc1cc(-c3c(C)cc(C)cc3C)ccc1-2. The Morgan fingerprint density at radius 1 is 0.633 bits per heavy atom. The molecule has 0 radical (unpaired) electrons. The van der Waals surface area contributed by atoms with Crippen LogP contribution in [0.4, 0.5) is 0 Å². The number of fused-ring (bicyclic) bond motifs is 3. The van der Waals surface area contributed by atoms with Gasteiger partial charge in [0.1, 0.15) is 0 Å². The van der Waals surface area contributed by atoms with E-state index in [-0.39, 0.29) is 36.1 Å². The maximum absolute atomic E-state index is 7.17. The number of aryl methyl sites for hydroxylation is 6. The Kier molecular flexibility index (Phi) is 12.9. The van der Waals surface area contributed by atoms with Gasteiger partial charge in [-0.15, -0.1) is 24.8 Å². The summed E-state index contributed by atoms with van der Waals surface area (Å²) in [5.74, 6) is 0.196. The van der Waals surface area contributed by atoms with Crippen molar-refractivity contribution in [2.45, 2.75) is 82.1 Å². The summed E-state index contributed by atoms with van der Waals surface area (Å²) in [6.07, 6.45) is 6.92. The standard InChI is InChI=1S/C31H29.C11H17.2C6H4Cl.CH2.2ClH.Zr/c1-18-11-20(3)30(21(4)12-18)24-7-9-28-26(15-24)17-27-16-25(8-10-29(27)28)31-22(5)13-19(2)14-23(31)6;1-5-9-6-7-10(8-9)11(2,3)4;2*7-6-4-2-1-3-5-6;;;;/h7-15H,17H2,1-6H3;7-9H,5H2,1-4H3;2*1-2,4-5H;1H2;2*1H;. The van der Waals surface area contributed by atoms with Crippen LogP contribution in [0.3, 0.4) is 0 Å². The summed E-state index contributed by atoms with van der Waals surface area (Å²) in [5.41, 5.74) is 19.7. The molecule has 0 fully saturated rings. The Balaban J connectivity index is 0.00000302. The molecule has 1 unspecified atom stereocenters. The molecule has 0 heterocycles. The van der Waals surface area contributed by atoms with Crippen LogP contribution in [0.1, 0.15) is 78.6 Å². The molecule has 1 atom stereocenters. The molecule has 0 aliphatic heterocycles. The average Bonchev–Trinajstić information content (AvgIpc) is 3.76. The van der Waals surface area contributed by atoms with Crippen molar-refractivity contribution in [2.75, 3.05) is 0 Å². The Morgan fingerprint density at radius 2 is 1.13 bits per heavy atom. The minimum absolute atomic E-state index is 0. The van der Waals surface area contributed by atoms with Crippen LogP contribution in [0.2, 0.25) is 10.0 Å². The predicted molar refractivity (Wildman–Crippen MR) is 267 cm³/mol. The molecule has 0 aromatic heterocycles. The molecule has 0 spiro atoms. The van der Waals surface area contributed by atoms with E-state index in [9.17, 15) is 0 Å². The molecule has 2 aliphatic rings. The average molecular weight is 952 g/mol. The third kappa shape index (κ3) is 7.33. The van der Waals surface area contributed by atoms with Crippen molar-refractivity contribution in [1.82, 2.24) is 0 Å². The molecular weight excluding hydrogens is 894 g/mol. The van der Waals surface area contributed by atoms with Crippen molar-refractivity contribution in [2.24, 2.45) is 11.3 Å². The van der Waals surface area contributed by atoms with Crippen LogP contribution in [0.5, 0.6) is 0 Å². The van der Waals surface area contributed by atoms with Gasteiger partial charge in [-0.3, -0.25) is 0 Å². The van der Waals surface area contributed by atoms with E-state index in [1.54, 1.807) is 0 Å². The van der Waals surface area contributed by atoms with E-state index in [0.717, 1.165) is 22.9 Å². The minimum atomic E-state index is -5.50. The van der Waals surface area contributed by atoms with Gasteiger partial charge in [-0.1, -0.05) is 0 Å². The first-order chi connectivity index (χ1) is 27.4. The molecule has 2 aliphatic carbocycles. The van der Waals surface area contributed by atoms with E-state index in [1.807, 2.05) is 12.1 Å². The second-order valence-corrected chi connectivity index (χ2v) is 32.1. The third-order valence-corrected chi connectivity index (χ3v) is 30.3. The van der Waals surface area contributed by atoms with Crippen molar-refractivity contribution in [3.05, 3.63) is 179 Å². The van der Waals surface area contributed by atoms with Crippen LogP contribution >= 0.6 is 48.0 Å². The third-order valence-electron chi connectivity index (χ3n) is 13.5. The summed E-state index contributed by atoms with van der Waals surface area (Å²) in [6, 6.07) is 38.9. The van der Waals surface area contributed by atoms with Crippen molar-refractivity contribution in [1.29, 1.82) is 0 Å². The number of halogens is 4. The molecular formula is C55H58Cl4Zr. The Morgan fingerprint density at radius 3 is 1.63 bits per heavy atom. The van der Waals surface area contributed by atoms with E-state index in [2.05, 4.69) is 172 Å². The van der Waals surface area contributed by atoms with E-state index in [1.165, 1.54) is 96.6 Å². The van der Waals surface area contributed by atoms with E-state index < -0.39 is 18.3 Å². The zero-order valence-corrected chi connectivity index (χ0v) is 42.3. The number of allylic oxidation sites excluding steroid dienone is 4. The van der Waals surface area contributed by atoms with Gasteiger partial charge in [0.2, 0.25) is 0 Å². The monoisotopic (exact) mass is 948 g/mol. The van der Waals surface area contributed by atoms with Crippen LogP contribution in [0.25, 0.3) is 33.4 Å². The fourth-order valence-corrected chi connectivity index (χ4v) is 29.2. The van der Waals surface area contributed by atoms with Crippen molar-refractivity contribution >= 4 is 62.0 Å². The van der Waals surface area contributed by atoms with Gasteiger partial charge in [-0.25, -0.2) is 0 Å². The summed E-state index contributed by atoms with van der Waals surface area (Å²) in [4.78, 5) is 0. The van der Waals surface area contributed by atoms with E-state index in [4.69, 9.17) is 27.4 Å². The van der Waals surface area contributed by atoms with Gasteiger partial charge in [0.15, 0.2) is 0 Å². The first kappa shape index (κ1) is 46.2. The normalized spacial score (nSPS) is 14.8. The summed E-state index contributed by atoms with van der Waals surface area (Å²) in [7, 11) is 0. The van der Waals surface area contributed by atoms with Gasteiger partial charge >= 0.3 is 361 Å². The fraction of sp³-hybridized carbons (Fsp3) is 0.255. The molecule has 310 valence electrons. The van der Waals surface area contributed by atoms with E-state index >= 15 is 0 Å². The van der Waals surface area contributed by atoms with Crippen LogP contribution in [0, 0.1) is 52.9 Å². The quantitative estimate of drug-likeness (QED) is 0.149. The van der Waals surface area contributed by atoms with Crippen LogP contribution < -0.4 is 9.81 Å². The predicted octanol–water partition coefficient (Wildman–Crippen LogP) is 14.9. The number of rotatable bonds is 7. The topological polar surface area (TPSA) is 0 Å². The molecule has 6 aromatic carbocycles. The van der Waals surface area contributed by atoms with Crippen LogP contribution in [0.15, 0.2) is 124 Å². The number of hydrogen-bond donors (Lipinski definition) is 0. The Hall–Kier alpha value is -3.29. The molecule has 0 saturated heterocycles. The van der Waals surface area contributed by atoms with Gasteiger partial charge in [-0.05, 0) is 0 Å². The summed E-state index contributed by atoms with van der Waals surface area (Å²) < 4.78 is 11.3. The van der Waals surface area contributed by atoms with Gasteiger partial charge in [0.25, 0.3) is 0 Å². The summed E-state index contributed by atoms with van der Waals surface area (Å²) >= 11 is 8.84. The molecule has 8 rings (SSSR count). The second-order valence-electron chi connectivity index (χ2n) is 18.6. The van der Waals surface area contributed by atoms with E-state index in [0.29, 0.717) is 0 Å². The van der Waals surface area contributed by atoms with Crippen molar-refractivity contribution in [3.63, 3.8) is 0 Å². The number of hydrogen-bond acceptors (Lipinski definition) is 0. The summed E-state index contributed by atoms with van der Waals surface area (Å²) in [5, 5.41) is 1.46. The molecule has 0 saturated carbocycles. The molecule has 5 heteroatoms.